The largest absolute Gasteiger partial charge is 0.329 e. The van der Waals surface area contributed by atoms with Gasteiger partial charge >= 0.3 is 0 Å². The fourth-order valence-corrected chi connectivity index (χ4v) is 2.02. The van der Waals surface area contributed by atoms with Gasteiger partial charge in [0.05, 0.1) is 17.2 Å². The first kappa shape index (κ1) is 10.1. The second-order valence-corrected chi connectivity index (χ2v) is 4.95. The van der Waals surface area contributed by atoms with Gasteiger partial charge in [0.25, 0.3) is 0 Å². The molecule has 6 nitrogen and oxygen atoms in total. The summed E-state index contributed by atoms with van der Waals surface area (Å²) in [6, 6.07) is 0. The number of aromatic nitrogens is 3. The molecule has 0 spiro atoms. The second kappa shape index (κ2) is 3.84. The Bertz CT molecular complexity index is 370. The highest BCUT2D eigenvalue weighted by Gasteiger charge is 2.12. The predicted molar refractivity (Wildman–Crippen MR) is 47.5 cm³/mol. The van der Waals surface area contributed by atoms with E-state index in [2.05, 4.69) is 10.3 Å². The van der Waals surface area contributed by atoms with E-state index in [0.29, 0.717) is 5.69 Å². The third kappa shape index (κ3) is 3.11. The molecule has 1 rings (SSSR count). The zero-order chi connectivity index (χ0) is 9.90. The molecule has 0 atom stereocenters. The topological polar surface area (TPSA) is 90.9 Å². The van der Waals surface area contributed by atoms with Crippen LogP contribution in [0.3, 0.4) is 0 Å². The molecule has 0 fully saturated rings. The molecule has 0 aliphatic heterocycles. The Labute approximate surface area is 76.7 Å². The van der Waals surface area contributed by atoms with Crippen molar-refractivity contribution in [2.24, 2.45) is 12.8 Å². The molecule has 74 valence electrons. The van der Waals surface area contributed by atoms with E-state index in [9.17, 15) is 8.42 Å². The quantitative estimate of drug-likeness (QED) is 0.657. The summed E-state index contributed by atoms with van der Waals surface area (Å²) in [5.74, 6) is -0.0956. The summed E-state index contributed by atoms with van der Waals surface area (Å²) in [6.45, 7) is 0.141. The highest BCUT2D eigenvalue weighted by atomic mass is 32.2. The van der Waals surface area contributed by atoms with Crippen molar-refractivity contribution in [3.05, 3.63) is 11.9 Å². The SMILES string of the molecule is Cn1cc(CS(=O)(=O)CCN)nn1. The standard InChI is InChI=1S/C6H12N4O2S/c1-10-4-6(8-9-10)5-13(11,12)3-2-7/h4H,2-3,5,7H2,1H3. The lowest BCUT2D eigenvalue weighted by atomic mass is 10.6. The number of nitrogens with zero attached hydrogens (tertiary/aromatic N) is 3. The Kier molecular flexibility index (Phi) is 2.99. The van der Waals surface area contributed by atoms with Crippen LogP contribution in [-0.2, 0) is 22.6 Å². The van der Waals surface area contributed by atoms with Crippen LogP contribution in [0.2, 0.25) is 0 Å². The molecule has 1 heterocycles. The number of aryl methyl sites for hydroxylation is 1. The van der Waals surface area contributed by atoms with Crippen LogP contribution in [0.5, 0.6) is 0 Å². The lowest BCUT2D eigenvalue weighted by Gasteiger charge is -1.97. The zero-order valence-electron chi connectivity index (χ0n) is 7.34. The molecule has 0 bridgehead atoms. The van der Waals surface area contributed by atoms with E-state index in [1.807, 2.05) is 0 Å². The fourth-order valence-electron chi connectivity index (χ4n) is 0.938. The first-order valence-electron chi connectivity index (χ1n) is 3.79. The van der Waals surface area contributed by atoms with E-state index in [0.717, 1.165) is 0 Å². The number of hydrogen-bond acceptors (Lipinski definition) is 5. The van der Waals surface area contributed by atoms with Crippen molar-refractivity contribution in [1.82, 2.24) is 15.0 Å². The third-order valence-electron chi connectivity index (χ3n) is 1.45. The van der Waals surface area contributed by atoms with Gasteiger partial charge in [-0.05, 0) is 0 Å². The van der Waals surface area contributed by atoms with Gasteiger partial charge in [-0.1, -0.05) is 5.21 Å². The van der Waals surface area contributed by atoms with Gasteiger partial charge in [-0.25, -0.2) is 8.42 Å². The van der Waals surface area contributed by atoms with Gasteiger partial charge in [-0.15, -0.1) is 5.10 Å². The maximum absolute atomic E-state index is 11.3. The maximum Gasteiger partial charge on any atom is 0.157 e. The molecule has 1 aromatic heterocycles. The van der Waals surface area contributed by atoms with Crippen LogP contribution in [0.25, 0.3) is 0 Å². The molecular weight excluding hydrogens is 192 g/mol. The monoisotopic (exact) mass is 204 g/mol. The highest BCUT2D eigenvalue weighted by molar-refractivity contribution is 7.90. The van der Waals surface area contributed by atoms with Gasteiger partial charge in [-0.3, -0.25) is 4.68 Å². The summed E-state index contributed by atoms with van der Waals surface area (Å²) in [5.41, 5.74) is 5.61. The van der Waals surface area contributed by atoms with Crippen LogP contribution in [0.4, 0.5) is 0 Å². The summed E-state index contributed by atoms with van der Waals surface area (Å²) in [6.07, 6.45) is 1.58. The van der Waals surface area contributed by atoms with Crippen LogP contribution in [-0.4, -0.2) is 35.7 Å². The van der Waals surface area contributed by atoms with E-state index in [-0.39, 0.29) is 18.1 Å². The van der Waals surface area contributed by atoms with Crippen LogP contribution < -0.4 is 5.73 Å². The van der Waals surface area contributed by atoms with E-state index < -0.39 is 9.84 Å². The molecule has 0 amide bonds. The van der Waals surface area contributed by atoms with Gasteiger partial charge < -0.3 is 5.73 Å². The summed E-state index contributed by atoms with van der Waals surface area (Å²) < 4.78 is 24.0. The first-order chi connectivity index (χ1) is 6.03. The van der Waals surface area contributed by atoms with Crippen molar-refractivity contribution in [3.8, 4) is 0 Å². The number of nitrogens with two attached hydrogens (primary N) is 1. The minimum atomic E-state index is -3.11. The van der Waals surface area contributed by atoms with E-state index >= 15 is 0 Å². The average Bonchev–Trinajstić information content (AvgIpc) is 2.34. The van der Waals surface area contributed by atoms with Crippen molar-refractivity contribution < 1.29 is 8.42 Å². The van der Waals surface area contributed by atoms with Crippen molar-refractivity contribution in [1.29, 1.82) is 0 Å². The number of hydrogen-bond donors (Lipinski definition) is 1. The molecule has 1 aromatic rings. The third-order valence-corrected chi connectivity index (χ3v) is 3.04. The van der Waals surface area contributed by atoms with Gasteiger partial charge in [0, 0.05) is 19.8 Å². The maximum atomic E-state index is 11.3. The molecule has 0 aliphatic carbocycles. The molecular formula is C6H12N4O2S. The smallest absolute Gasteiger partial charge is 0.157 e. The van der Waals surface area contributed by atoms with Gasteiger partial charge in [0.15, 0.2) is 9.84 Å². The molecule has 0 aromatic carbocycles. The minimum Gasteiger partial charge on any atom is -0.329 e. The van der Waals surface area contributed by atoms with Crippen LogP contribution in [0.1, 0.15) is 5.69 Å². The zero-order valence-corrected chi connectivity index (χ0v) is 8.16. The summed E-state index contributed by atoms with van der Waals surface area (Å²) in [5, 5.41) is 7.31. The van der Waals surface area contributed by atoms with E-state index in [1.165, 1.54) is 4.68 Å². The Hall–Kier alpha value is -0.950. The molecule has 0 saturated carbocycles. The van der Waals surface area contributed by atoms with Gasteiger partial charge in [0.2, 0.25) is 0 Å². The molecule has 13 heavy (non-hydrogen) atoms. The van der Waals surface area contributed by atoms with Crippen molar-refractivity contribution in [2.45, 2.75) is 5.75 Å². The Morgan fingerprint density at radius 2 is 2.31 bits per heavy atom. The van der Waals surface area contributed by atoms with E-state index in [1.54, 1.807) is 13.2 Å². The van der Waals surface area contributed by atoms with Crippen molar-refractivity contribution in [3.63, 3.8) is 0 Å². The van der Waals surface area contributed by atoms with Gasteiger partial charge in [-0.2, -0.15) is 0 Å². The second-order valence-electron chi connectivity index (χ2n) is 2.76. The Morgan fingerprint density at radius 3 is 2.77 bits per heavy atom. The Morgan fingerprint density at radius 1 is 1.62 bits per heavy atom. The van der Waals surface area contributed by atoms with Crippen molar-refractivity contribution in [2.75, 3.05) is 12.3 Å². The van der Waals surface area contributed by atoms with Crippen molar-refractivity contribution >= 4 is 9.84 Å². The summed E-state index contributed by atoms with van der Waals surface area (Å²) >= 11 is 0. The lowest BCUT2D eigenvalue weighted by molar-refractivity contribution is 0.594. The van der Waals surface area contributed by atoms with Crippen LogP contribution >= 0.6 is 0 Å². The predicted octanol–water partition coefficient (Wildman–Crippen LogP) is -1.31. The van der Waals surface area contributed by atoms with E-state index in [4.69, 9.17) is 5.73 Å². The number of rotatable bonds is 4. The minimum absolute atomic E-state index is 0.0103. The number of sulfone groups is 1. The first-order valence-corrected chi connectivity index (χ1v) is 5.61. The Balaban J connectivity index is 2.69. The highest BCUT2D eigenvalue weighted by Crippen LogP contribution is 2.01. The van der Waals surface area contributed by atoms with Crippen LogP contribution in [0.15, 0.2) is 6.20 Å². The molecule has 0 saturated heterocycles. The fraction of sp³-hybridized carbons (Fsp3) is 0.667. The molecule has 0 aliphatic rings. The molecule has 7 heteroatoms. The van der Waals surface area contributed by atoms with Gasteiger partial charge in [0.1, 0.15) is 0 Å². The summed E-state index contributed by atoms with van der Waals surface area (Å²) in [4.78, 5) is 0. The molecule has 0 unspecified atom stereocenters. The molecule has 2 N–H and O–H groups in total. The lowest BCUT2D eigenvalue weighted by Crippen LogP contribution is -2.17. The summed E-state index contributed by atoms with van der Waals surface area (Å²) in [7, 11) is -1.43. The molecule has 0 radical (unpaired) electrons. The van der Waals surface area contributed by atoms with Crippen LogP contribution in [0, 0.1) is 0 Å². The normalized spacial score (nSPS) is 11.8. The average molecular weight is 204 g/mol.